The van der Waals surface area contributed by atoms with E-state index in [1.54, 1.807) is 31.2 Å². The van der Waals surface area contributed by atoms with Gasteiger partial charge in [-0.1, -0.05) is 19.1 Å². The van der Waals surface area contributed by atoms with Crippen molar-refractivity contribution < 1.29 is 9.59 Å². The maximum Gasteiger partial charge on any atom is 0.181 e. The summed E-state index contributed by atoms with van der Waals surface area (Å²) in [5.74, 6) is 0.123. The Hall–Kier alpha value is -1.96. The van der Waals surface area contributed by atoms with Crippen LogP contribution < -0.4 is 0 Å². The summed E-state index contributed by atoms with van der Waals surface area (Å²) < 4.78 is 0. The zero-order valence-corrected chi connectivity index (χ0v) is 9.99. The summed E-state index contributed by atoms with van der Waals surface area (Å²) in [5, 5.41) is 0. The molecule has 2 aliphatic rings. The highest BCUT2D eigenvalue weighted by atomic mass is 16.1. The Balaban J connectivity index is 2.45. The standard InChI is InChI=1S/C15H14O2/c1-3-11-9-13(5-7-15(11)17)12-4-6-14(16)10(2)8-12/h4-9H,3H2,1-2H3/b13-12+. The number of hydrogen-bond acceptors (Lipinski definition) is 2. The van der Waals surface area contributed by atoms with Gasteiger partial charge in [0.15, 0.2) is 11.6 Å². The molecule has 0 atom stereocenters. The molecule has 2 rings (SSSR count). The third-order valence-corrected chi connectivity index (χ3v) is 2.95. The highest BCUT2D eigenvalue weighted by Gasteiger charge is 2.13. The van der Waals surface area contributed by atoms with Gasteiger partial charge in [0.25, 0.3) is 0 Å². The van der Waals surface area contributed by atoms with Crippen molar-refractivity contribution in [2.75, 3.05) is 0 Å². The lowest BCUT2D eigenvalue weighted by Gasteiger charge is -2.12. The molecule has 0 aromatic rings. The Morgan fingerprint density at radius 1 is 0.882 bits per heavy atom. The molecular weight excluding hydrogens is 212 g/mol. The van der Waals surface area contributed by atoms with Gasteiger partial charge in [0.05, 0.1) is 0 Å². The van der Waals surface area contributed by atoms with E-state index in [1.807, 2.05) is 19.1 Å². The van der Waals surface area contributed by atoms with Crippen LogP contribution in [-0.4, -0.2) is 11.6 Å². The number of allylic oxidation sites excluding steroid dienone is 10. The fourth-order valence-electron chi connectivity index (χ4n) is 1.86. The Morgan fingerprint density at radius 2 is 1.47 bits per heavy atom. The van der Waals surface area contributed by atoms with E-state index in [4.69, 9.17) is 0 Å². The highest BCUT2D eigenvalue weighted by molar-refractivity contribution is 6.07. The van der Waals surface area contributed by atoms with Crippen LogP contribution in [0.2, 0.25) is 0 Å². The number of carbonyl (C=O) groups excluding carboxylic acids is 2. The smallest absolute Gasteiger partial charge is 0.181 e. The summed E-state index contributed by atoms with van der Waals surface area (Å²) in [5.41, 5.74) is 3.51. The fraction of sp³-hybridized carbons (Fsp3) is 0.200. The zero-order chi connectivity index (χ0) is 12.4. The molecule has 2 aliphatic carbocycles. The summed E-state index contributed by atoms with van der Waals surface area (Å²) in [6.07, 6.45) is 11.3. The molecule has 0 amide bonds. The second-order valence-electron chi connectivity index (χ2n) is 4.16. The molecule has 0 aliphatic heterocycles. The first-order valence-electron chi connectivity index (χ1n) is 5.69. The van der Waals surface area contributed by atoms with Gasteiger partial charge in [-0.3, -0.25) is 9.59 Å². The molecule has 0 saturated carbocycles. The van der Waals surface area contributed by atoms with Crippen molar-refractivity contribution in [3.63, 3.8) is 0 Å². The average molecular weight is 226 g/mol. The number of ketones is 2. The quantitative estimate of drug-likeness (QED) is 0.689. The highest BCUT2D eigenvalue weighted by Crippen LogP contribution is 2.23. The summed E-state index contributed by atoms with van der Waals surface area (Å²) in [6, 6.07) is 0. The summed E-state index contributed by atoms with van der Waals surface area (Å²) in [7, 11) is 0. The molecule has 17 heavy (non-hydrogen) atoms. The predicted molar refractivity (Wildman–Crippen MR) is 67.5 cm³/mol. The molecule has 0 aromatic heterocycles. The van der Waals surface area contributed by atoms with Crippen LogP contribution in [-0.2, 0) is 9.59 Å². The summed E-state index contributed by atoms with van der Waals surface area (Å²) >= 11 is 0. The van der Waals surface area contributed by atoms with Crippen molar-refractivity contribution in [2.45, 2.75) is 20.3 Å². The molecule has 0 unspecified atom stereocenters. The van der Waals surface area contributed by atoms with E-state index in [0.717, 1.165) is 28.7 Å². The summed E-state index contributed by atoms with van der Waals surface area (Å²) in [4.78, 5) is 22.8. The third-order valence-electron chi connectivity index (χ3n) is 2.95. The van der Waals surface area contributed by atoms with Gasteiger partial charge < -0.3 is 0 Å². The van der Waals surface area contributed by atoms with E-state index in [-0.39, 0.29) is 11.6 Å². The Morgan fingerprint density at radius 3 is 2.06 bits per heavy atom. The maximum absolute atomic E-state index is 11.5. The Labute approximate surface area is 101 Å². The first kappa shape index (κ1) is 11.5. The Kier molecular flexibility index (Phi) is 3.05. The van der Waals surface area contributed by atoms with Crippen molar-refractivity contribution in [2.24, 2.45) is 0 Å². The van der Waals surface area contributed by atoms with E-state index in [0.29, 0.717) is 0 Å². The molecule has 0 fully saturated rings. The minimum atomic E-state index is 0.0462. The maximum atomic E-state index is 11.5. The van der Waals surface area contributed by atoms with Crippen molar-refractivity contribution in [3.05, 3.63) is 58.7 Å². The second kappa shape index (κ2) is 4.50. The molecule has 0 radical (unpaired) electrons. The zero-order valence-electron chi connectivity index (χ0n) is 9.99. The van der Waals surface area contributed by atoms with Gasteiger partial charge in [-0.15, -0.1) is 0 Å². The molecule has 2 nitrogen and oxygen atoms in total. The van der Waals surface area contributed by atoms with Crippen LogP contribution >= 0.6 is 0 Å². The van der Waals surface area contributed by atoms with Crippen LogP contribution in [0.5, 0.6) is 0 Å². The van der Waals surface area contributed by atoms with Crippen LogP contribution in [0.1, 0.15) is 20.3 Å². The normalized spacial score (nSPS) is 23.9. The van der Waals surface area contributed by atoms with Gasteiger partial charge in [-0.25, -0.2) is 0 Å². The monoisotopic (exact) mass is 226 g/mol. The van der Waals surface area contributed by atoms with Crippen LogP contribution in [0, 0.1) is 0 Å². The molecule has 2 heteroatoms. The van der Waals surface area contributed by atoms with Gasteiger partial charge in [-0.05, 0) is 59.9 Å². The first-order valence-corrected chi connectivity index (χ1v) is 5.69. The predicted octanol–water partition coefficient (Wildman–Crippen LogP) is 2.84. The van der Waals surface area contributed by atoms with Gasteiger partial charge in [-0.2, -0.15) is 0 Å². The first-order chi connectivity index (χ1) is 8.11. The van der Waals surface area contributed by atoms with E-state index < -0.39 is 0 Å². The van der Waals surface area contributed by atoms with Crippen LogP contribution in [0.3, 0.4) is 0 Å². The van der Waals surface area contributed by atoms with Crippen molar-refractivity contribution in [1.82, 2.24) is 0 Å². The topological polar surface area (TPSA) is 34.1 Å². The van der Waals surface area contributed by atoms with Crippen LogP contribution in [0.4, 0.5) is 0 Å². The van der Waals surface area contributed by atoms with Gasteiger partial charge in [0, 0.05) is 0 Å². The van der Waals surface area contributed by atoms with E-state index >= 15 is 0 Å². The molecular formula is C15H14O2. The largest absolute Gasteiger partial charge is 0.290 e. The molecule has 0 saturated heterocycles. The Bertz CT molecular complexity index is 537. The minimum absolute atomic E-state index is 0.0462. The molecule has 0 aromatic carbocycles. The average Bonchev–Trinajstić information content (AvgIpc) is 2.33. The van der Waals surface area contributed by atoms with Crippen molar-refractivity contribution in [1.29, 1.82) is 0 Å². The molecule has 0 bridgehead atoms. The molecule has 0 heterocycles. The number of hydrogen-bond donors (Lipinski definition) is 0. The van der Waals surface area contributed by atoms with Crippen molar-refractivity contribution >= 4 is 11.6 Å². The molecule has 0 N–H and O–H groups in total. The molecule has 0 spiro atoms. The number of carbonyl (C=O) groups is 2. The minimum Gasteiger partial charge on any atom is -0.290 e. The fourth-order valence-corrected chi connectivity index (χ4v) is 1.86. The van der Waals surface area contributed by atoms with Crippen LogP contribution in [0.15, 0.2) is 58.7 Å². The lowest BCUT2D eigenvalue weighted by Crippen LogP contribution is -2.05. The number of rotatable bonds is 1. The lowest BCUT2D eigenvalue weighted by atomic mass is 9.92. The van der Waals surface area contributed by atoms with E-state index in [1.165, 1.54) is 0 Å². The van der Waals surface area contributed by atoms with Gasteiger partial charge >= 0.3 is 0 Å². The van der Waals surface area contributed by atoms with Crippen molar-refractivity contribution in [3.8, 4) is 0 Å². The van der Waals surface area contributed by atoms with Gasteiger partial charge in [0.1, 0.15) is 0 Å². The van der Waals surface area contributed by atoms with Gasteiger partial charge in [0.2, 0.25) is 0 Å². The second-order valence-corrected chi connectivity index (χ2v) is 4.16. The van der Waals surface area contributed by atoms with E-state index in [9.17, 15) is 9.59 Å². The van der Waals surface area contributed by atoms with E-state index in [2.05, 4.69) is 0 Å². The SMILES string of the molecule is CCC1=C/C(=C2\C=CC(=O)C(C)=C2)C=CC1=O. The third kappa shape index (κ3) is 2.26. The lowest BCUT2D eigenvalue weighted by molar-refractivity contribution is -0.112. The van der Waals surface area contributed by atoms with Crippen LogP contribution in [0.25, 0.3) is 0 Å². The molecule has 86 valence electrons. The summed E-state index contributed by atoms with van der Waals surface area (Å²) in [6.45, 7) is 3.76.